The lowest BCUT2D eigenvalue weighted by Gasteiger charge is -2.34. The predicted molar refractivity (Wildman–Crippen MR) is 158 cm³/mol. The Kier molecular flexibility index (Phi) is 9.09. The average molecular weight is 587 g/mol. The molecule has 5 atom stereocenters. The molecule has 4 heterocycles. The zero-order valence-corrected chi connectivity index (χ0v) is 24.9. The fraction of sp³-hybridized carbons (Fsp3) is 0.645. The van der Waals surface area contributed by atoms with Crippen LogP contribution >= 0.6 is 12.4 Å². The Morgan fingerprint density at radius 2 is 1.78 bits per heavy atom. The highest BCUT2D eigenvalue weighted by Crippen LogP contribution is 2.55. The lowest BCUT2D eigenvalue weighted by atomic mass is 9.74. The maximum Gasteiger partial charge on any atom is 0.246 e. The number of nitrogens with zero attached hydrogens (tertiary/aromatic N) is 2. The van der Waals surface area contributed by atoms with E-state index in [1.807, 2.05) is 44.2 Å². The number of aryl methyl sites for hydroxylation is 2. The van der Waals surface area contributed by atoms with Crippen molar-refractivity contribution >= 4 is 35.8 Å². The Morgan fingerprint density at radius 1 is 1.02 bits per heavy atom. The summed E-state index contributed by atoms with van der Waals surface area (Å²) in [6.45, 7) is 8.51. The summed E-state index contributed by atoms with van der Waals surface area (Å²) >= 11 is 0. The molecular formula is C31H43ClN4O5. The monoisotopic (exact) mass is 586 g/mol. The second-order valence-electron chi connectivity index (χ2n) is 12.2. The number of fused-ring (bicyclic) bond motifs is 1. The third-order valence-corrected chi connectivity index (χ3v) is 9.63. The Labute approximate surface area is 248 Å². The zero-order chi connectivity index (χ0) is 27.9. The van der Waals surface area contributed by atoms with Gasteiger partial charge in [0.05, 0.1) is 31.2 Å². The molecule has 6 rings (SSSR count). The number of nitrogens with one attached hydrogen (secondary N) is 2. The highest BCUT2D eigenvalue weighted by molar-refractivity contribution is 6.02. The molecular weight excluding hydrogens is 544 g/mol. The number of rotatable bonds is 8. The Balaban J connectivity index is 0.00000337. The van der Waals surface area contributed by atoms with Gasteiger partial charge >= 0.3 is 0 Å². The van der Waals surface area contributed by atoms with Crippen LogP contribution in [0.15, 0.2) is 30.4 Å². The average Bonchev–Trinajstić information content (AvgIpc) is 3.59. The van der Waals surface area contributed by atoms with E-state index in [9.17, 15) is 14.4 Å². The quantitative estimate of drug-likeness (QED) is 0.454. The molecule has 10 heteroatoms. The summed E-state index contributed by atoms with van der Waals surface area (Å²) < 4.78 is 12.0. The fourth-order valence-corrected chi connectivity index (χ4v) is 7.37. The van der Waals surface area contributed by atoms with E-state index in [1.165, 1.54) is 6.42 Å². The molecule has 1 spiro atoms. The fourth-order valence-electron chi connectivity index (χ4n) is 7.37. The van der Waals surface area contributed by atoms with Crippen LogP contribution in [0.5, 0.6) is 0 Å². The number of hydrogen-bond acceptors (Lipinski definition) is 6. The first-order chi connectivity index (χ1) is 19.4. The number of hydrogen-bond donors (Lipinski definition) is 2. The van der Waals surface area contributed by atoms with Gasteiger partial charge in [-0.1, -0.05) is 37.5 Å². The molecule has 5 aliphatic rings. The number of carbonyl (C=O) groups excluding carboxylic acids is 3. The molecule has 3 unspecified atom stereocenters. The second-order valence-corrected chi connectivity index (χ2v) is 12.2. The largest absolute Gasteiger partial charge is 0.379 e. The molecule has 2 bridgehead atoms. The first kappa shape index (κ1) is 30.0. The predicted octanol–water partition coefficient (Wildman–Crippen LogP) is 2.99. The maximum absolute atomic E-state index is 14.1. The number of likely N-dealkylation sites (tertiary alicyclic amines) is 1. The van der Waals surface area contributed by atoms with Crippen LogP contribution in [0.25, 0.3) is 0 Å². The van der Waals surface area contributed by atoms with Gasteiger partial charge in [-0.2, -0.15) is 0 Å². The minimum atomic E-state index is -1.12. The van der Waals surface area contributed by atoms with E-state index >= 15 is 0 Å². The van der Waals surface area contributed by atoms with Crippen LogP contribution in [0.2, 0.25) is 0 Å². The minimum Gasteiger partial charge on any atom is -0.379 e. The summed E-state index contributed by atoms with van der Waals surface area (Å²) in [6, 6.07) is 5.15. The summed E-state index contributed by atoms with van der Waals surface area (Å²) in [5.41, 5.74) is 1.81. The normalized spacial score (nSPS) is 31.2. The SMILES string of the molecule is Cc1ccc(NC(=O)C2[C@@H]3C=CC4(O3)C(C(=O)NC3CCCCC3)N(CCCN3CCOCC3)C(=O)[C@H]24)cc1C.Cl. The number of anilines is 1. The maximum atomic E-state index is 14.1. The van der Waals surface area contributed by atoms with Crippen LogP contribution in [-0.4, -0.2) is 90.7 Å². The molecule has 224 valence electrons. The van der Waals surface area contributed by atoms with Gasteiger partial charge in [0, 0.05) is 37.9 Å². The van der Waals surface area contributed by atoms with Crippen LogP contribution < -0.4 is 10.6 Å². The third kappa shape index (κ3) is 5.66. The lowest BCUT2D eigenvalue weighted by molar-refractivity contribution is -0.141. The van der Waals surface area contributed by atoms with Gasteiger partial charge in [0.2, 0.25) is 17.7 Å². The molecule has 1 saturated carbocycles. The van der Waals surface area contributed by atoms with Gasteiger partial charge in [0.15, 0.2) is 0 Å². The third-order valence-electron chi connectivity index (χ3n) is 9.63. The van der Waals surface area contributed by atoms with Crippen LogP contribution in [0.1, 0.15) is 49.7 Å². The smallest absolute Gasteiger partial charge is 0.246 e. The standard InChI is InChI=1S/C31H42N4O5.ClH/c1-20-9-10-23(19-21(20)2)33-28(36)25-24-11-12-31(40-24)26(25)30(38)35(14-6-13-34-15-17-39-18-16-34)27(31)29(37)32-22-7-4-3-5-8-22;/h9-12,19,22,24-27H,3-8,13-18H2,1-2H3,(H,32,37)(H,33,36);1H/t24-,25?,26-,27?,31?;/m0./s1. The van der Waals surface area contributed by atoms with E-state index in [2.05, 4.69) is 15.5 Å². The van der Waals surface area contributed by atoms with Gasteiger partial charge in [-0.3, -0.25) is 19.3 Å². The molecule has 9 nitrogen and oxygen atoms in total. The van der Waals surface area contributed by atoms with Gasteiger partial charge in [0.1, 0.15) is 11.6 Å². The summed E-state index contributed by atoms with van der Waals surface area (Å²) in [5.74, 6) is -1.96. The topological polar surface area (TPSA) is 100 Å². The summed E-state index contributed by atoms with van der Waals surface area (Å²) in [7, 11) is 0. The molecule has 2 N–H and O–H groups in total. The van der Waals surface area contributed by atoms with Crippen LogP contribution in [0.3, 0.4) is 0 Å². The number of halogens is 1. The molecule has 0 radical (unpaired) electrons. The highest BCUT2D eigenvalue weighted by atomic mass is 35.5. The van der Waals surface area contributed by atoms with Gasteiger partial charge in [-0.05, 0) is 56.4 Å². The zero-order valence-electron chi connectivity index (χ0n) is 24.1. The molecule has 4 aliphatic heterocycles. The summed E-state index contributed by atoms with van der Waals surface area (Å²) in [4.78, 5) is 45.8. The number of carbonyl (C=O) groups is 3. The van der Waals surface area contributed by atoms with Gasteiger partial charge in [0.25, 0.3) is 0 Å². The van der Waals surface area contributed by atoms with Crippen molar-refractivity contribution in [3.05, 3.63) is 41.5 Å². The molecule has 3 saturated heterocycles. The van der Waals surface area contributed by atoms with E-state index in [1.54, 1.807) is 4.90 Å². The Bertz CT molecular complexity index is 1180. The van der Waals surface area contributed by atoms with E-state index in [4.69, 9.17) is 9.47 Å². The van der Waals surface area contributed by atoms with Crippen LogP contribution in [0.4, 0.5) is 5.69 Å². The van der Waals surface area contributed by atoms with Crippen molar-refractivity contribution in [3.8, 4) is 0 Å². The number of benzene rings is 1. The Hall–Kier alpha value is -2.46. The minimum absolute atomic E-state index is 0. The molecule has 1 aromatic rings. The Morgan fingerprint density at radius 3 is 2.51 bits per heavy atom. The lowest BCUT2D eigenvalue weighted by Crippen LogP contribution is -2.56. The summed E-state index contributed by atoms with van der Waals surface area (Å²) in [5, 5.41) is 6.30. The van der Waals surface area contributed by atoms with Crippen molar-refractivity contribution in [2.24, 2.45) is 11.8 Å². The first-order valence-electron chi connectivity index (χ1n) is 15.0. The van der Waals surface area contributed by atoms with Crippen LogP contribution in [0, 0.1) is 25.7 Å². The van der Waals surface area contributed by atoms with E-state index in [0.29, 0.717) is 12.2 Å². The van der Waals surface area contributed by atoms with E-state index < -0.39 is 29.6 Å². The second kappa shape index (κ2) is 12.4. The van der Waals surface area contributed by atoms with Gasteiger partial charge in [-0.25, -0.2) is 0 Å². The van der Waals surface area contributed by atoms with Crippen molar-refractivity contribution in [1.29, 1.82) is 0 Å². The molecule has 1 aromatic carbocycles. The molecule has 0 aromatic heterocycles. The van der Waals surface area contributed by atoms with E-state index in [0.717, 1.165) is 76.1 Å². The van der Waals surface area contributed by atoms with Crippen molar-refractivity contribution in [1.82, 2.24) is 15.1 Å². The van der Waals surface area contributed by atoms with Gasteiger partial charge < -0.3 is 25.0 Å². The number of morpholine rings is 1. The molecule has 3 amide bonds. The molecule has 41 heavy (non-hydrogen) atoms. The van der Waals surface area contributed by atoms with Crippen molar-refractivity contribution in [3.63, 3.8) is 0 Å². The van der Waals surface area contributed by atoms with Gasteiger partial charge in [-0.15, -0.1) is 12.4 Å². The molecule has 1 aliphatic carbocycles. The van der Waals surface area contributed by atoms with Crippen LogP contribution in [-0.2, 0) is 23.9 Å². The molecule has 4 fully saturated rings. The number of ether oxygens (including phenoxy) is 2. The summed E-state index contributed by atoms with van der Waals surface area (Å²) in [6.07, 6.45) is 9.31. The highest BCUT2D eigenvalue weighted by Gasteiger charge is 2.72. The van der Waals surface area contributed by atoms with Crippen molar-refractivity contribution in [2.75, 3.05) is 44.7 Å². The van der Waals surface area contributed by atoms with Crippen molar-refractivity contribution < 1.29 is 23.9 Å². The van der Waals surface area contributed by atoms with Crippen molar-refractivity contribution in [2.45, 2.75) is 76.2 Å². The number of amides is 3. The first-order valence-corrected chi connectivity index (χ1v) is 15.0. The van der Waals surface area contributed by atoms with E-state index in [-0.39, 0.29) is 36.2 Å².